The number of hydrogen-bond acceptors (Lipinski definition) is 3. The number of carbonyl (C=O) groups is 1. The Labute approximate surface area is 156 Å². The van der Waals surface area contributed by atoms with Crippen LogP contribution < -0.4 is 10.4 Å². The number of anilines is 2. The topological polar surface area (TPSA) is 50.2 Å². The molecule has 1 aromatic carbocycles. The molecule has 0 spiro atoms. The van der Waals surface area contributed by atoms with Gasteiger partial charge in [0.2, 0.25) is 5.91 Å². The number of carbonyl (C=O) groups excluding carboxylic acids is 1. The maximum Gasteiger partial charge on any atom is 0.248 e. The highest BCUT2D eigenvalue weighted by atomic mass is 16.2. The SMILES string of the molecule is Cn1cc(N(Nc2ccc(C(C)(C)C)cc2)C(=O)C2CCCCC2)cn1. The Morgan fingerprint density at radius 2 is 1.81 bits per heavy atom. The van der Waals surface area contributed by atoms with E-state index in [1.807, 2.05) is 25.4 Å². The molecule has 0 radical (unpaired) electrons. The molecule has 0 saturated heterocycles. The molecule has 26 heavy (non-hydrogen) atoms. The van der Waals surface area contributed by atoms with Crippen molar-refractivity contribution in [2.75, 3.05) is 10.4 Å². The lowest BCUT2D eigenvalue weighted by atomic mass is 9.87. The molecule has 0 atom stereocenters. The summed E-state index contributed by atoms with van der Waals surface area (Å²) in [5.41, 5.74) is 6.39. The van der Waals surface area contributed by atoms with E-state index in [1.54, 1.807) is 15.9 Å². The van der Waals surface area contributed by atoms with Gasteiger partial charge in [0.25, 0.3) is 0 Å². The number of nitrogens with one attached hydrogen (secondary N) is 1. The van der Waals surface area contributed by atoms with Gasteiger partial charge >= 0.3 is 0 Å². The van der Waals surface area contributed by atoms with Gasteiger partial charge in [0.15, 0.2) is 0 Å². The molecule has 1 aliphatic rings. The molecule has 1 aliphatic carbocycles. The third kappa shape index (κ3) is 4.26. The molecule has 2 aromatic rings. The third-order valence-corrected chi connectivity index (χ3v) is 5.12. The number of hydrogen-bond donors (Lipinski definition) is 1. The smallest absolute Gasteiger partial charge is 0.248 e. The number of hydrazine groups is 1. The fourth-order valence-corrected chi connectivity index (χ4v) is 3.48. The first-order valence-corrected chi connectivity index (χ1v) is 9.54. The zero-order chi connectivity index (χ0) is 18.7. The Morgan fingerprint density at radius 1 is 1.15 bits per heavy atom. The predicted octanol–water partition coefficient (Wildman–Crippen LogP) is 4.66. The standard InChI is InChI=1S/C21H30N4O/c1-21(2,3)17-10-12-18(13-11-17)23-25(19-14-22-24(4)15-19)20(26)16-8-6-5-7-9-16/h10-16,23H,5-9H2,1-4H3. The zero-order valence-corrected chi connectivity index (χ0v) is 16.3. The monoisotopic (exact) mass is 354 g/mol. The van der Waals surface area contributed by atoms with Crippen molar-refractivity contribution in [2.24, 2.45) is 13.0 Å². The van der Waals surface area contributed by atoms with Gasteiger partial charge in [0.1, 0.15) is 5.69 Å². The highest BCUT2D eigenvalue weighted by molar-refractivity contribution is 5.96. The van der Waals surface area contributed by atoms with Crippen LogP contribution in [0.1, 0.15) is 58.4 Å². The first-order valence-electron chi connectivity index (χ1n) is 9.54. The highest BCUT2D eigenvalue weighted by Gasteiger charge is 2.28. The molecule has 0 bridgehead atoms. The summed E-state index contributed by atoms with van der Waals surface area (Å²) in [6, 6.07) is 8.32. The van der Waals surface area contributed by atoms with Crippen molar-refractivity contribution in [3.05, 3.63) is 42.2 Å². The first-order chi connectivity index (χ1) is 12.3. The molecule has 3 rings (SSSR count). The van der Waals surface area contributed by atoms with Crippen molar-refractivity contribution in [3.63, 3.8) is 0 Å². The van der Waals surface area contributed by atoms with Gasteiger partial charge < -0.3 is 0 Å². The van der Waals surface area contributed by atoms with Crippen molar-refractivity contribution < 1.29 is 4.79 Å². The number of aryl methyl sites for hydroxylation is 1. The number of rotatable bonds is 4. The van der Waals surface area contributed by atoms with Crippen molar-refractivity contribution in [1.29, 1.82) is 0 Å². The normalized spacial score (nSPS) is 15.7. The van der Waals surface area contributed by atoms with Crippen molar-refractivity contribution >= 4 is 17.3 Å². The largest absolute Gasteiger partial charge is 0.291 e. The quantitative estimate of drug-likeness (QED) is 0.813. The van der Waals surface area contributed by atoms with E-state index in [2.05, 4.69) is 43.4 Å². The van der Waals surface area contributed by atoms with Crippen LogP contribution in [0.2, 0.25) is 0 Å². The van der Waals surface area contributed by atoms with E-state index in [-0.39, 0.29) is 17.2 Å². The summed E-state index contributed by atoms with van der Waals surface area (Å²) in [5, 5.41) is 5.91. The molecule has 140 valence electrons. The summed E-state index contributed by atoms with van der Waals surface area (Å²) in [7, 11) is 1.87. The van der Waals surface area contributed by atoms with Gasteiger partial charge in [-0.25, -0.2) is 5.01 Å². The molecular formula is C21H30N4O. The van der Waals surface area contributed by atoms with Crippen LogP contribution in [0.3, 0.4) is 0 Å². The summed E-state index contributed by atoms with van der Waals surface area (Å²) in [4.78, 5) is 13.2. The van der Waals surface area contributed by atoms with Crippen LogP contribution >= 0.6 is 0 Å². The van der Waals surface area contributed by atoms with Gasteiger partial charge in [-0.3, -0.25) is 14.9 Å². The van der Waals surface area contributed by atoms with Crippen LogP contribution in [-0.2, 0) is 17.3 Å². The highest BCUT2D eigenvalue weighted by Crippen LogP contribution is 2.29. The molecule has 1 fully saturated rings. The minimum atomic E-state index is 0.0882. The van der Waals surface area contributed by atoms with Crippen LogP contribution in [0.25, 0.3) is 0 Å². The molecule has 1 saturated carbocycles. The Morgan fingerprint density at radius 3 is 2.35 bits per heavy atom. The Bertz CT molecular complexity index is 736. The van der Waals surface area contributed by atoms with Crippen LogP contribution in [0, 0.1) is 5.92 Å². The number of benzene rings is 1. The second kappa shape index (κ2) is 7.52. The lowest BCUT2D eigenvalue weighted by Gasteiger charge is -2.29. The van der Waals surface area contributed by atoms with Gasteiger partial charge in [0, 0.05) is 13.0 Å². The van der Waals surface area contributed by atoms with Gasteiger partial charge in [-0.15, -0.1) is 0 Å². The van der Waals surface area contributed by atoms with Gasteiger partial charge in [-0.2, -0.15) is 5.10 Å². The molecule has 0 aliphatic heterocycles. The Hall–Kier alpha value is -2.30. The summed E-state index contributed by atoms with van der Waals surface area (Å²) in [6.45, 7) is 6.60. The molecule has 1 aromatic heterocycles. The molecule has 1 amide bonds. The summed E-state index contributed by atoms with van der Waals surface area (Å²) in [5.74, 6) is 0.225. The minimum absolute atomic E-state index is 0.0882. The van der Waals surface area contributed by atoms with E-state index in [0.29, 0.717) is 0 Å². The minimum Gasteiger partial charge on any atom is -0.291 e. The average Bonchev–Trinajstić information content (AvgIpc) is 3.05. The summed E-state index contributed by atoms with van der Waals surface area (Å²) >= 11 is 0. The van der Waals surface area contributed by atoms with Crippen molar-refractivity contribution in [1.82, 2.24) is 9.78 Å². The number of amides is 1. The lowest BCUT2D eigenvalue weighted by molar-refractivity contribution is -0.123. The zero-order valence-electron chi connectivity index (χ0n) is 16.3. The lowest BCUT2D eigenvalue weighted by Crippen LogP contribution is -2.41. The van der Waals surface area contributed by atoms with Gasteiger partial charge in [0.05, 0.1) is 18.1 Å². The van der Waals surface area contributed by atoms with Gasteiger partial charge in [-0.1, -0.05) is 52.2 Å². The van der Waals surface area contributed by atoms with E-state index in [9.17, 15) is 4.79 Å². The van der Waals surface area contributed by atoms with E-state index in [1.165, 1.54) is 12.0 Å². The second-order valence-electron chi connectivity index (χ2n) is 8.32. The Kier molecular flexibility index (Phi) is 5.35. The molecular weight excluding hydrogens is 324 g/mol. The van der Waals surface area contributed by atoms with E-state index in [4.69, 9.17) is 0 Å². The molecule has 5 nitrogen and oxygen atoms in total. The number of nitrogens with zero attached hydrogens (tertiary/aromatic N) is 3. The van der Waals surface area contributed by atoms with Crippen LogP contribution in [0.15, 0.2) is 36.7 Å². The molecule has 1 heterocycles. The predicted molar refractivity (Wildman–Crippen MR) is 106 cm³/mol. The van der Waals surface area contributed by atoms with E-state index in [0.717, 1.165) is 37.1 Å². The maximum atomic E-state index is 13.2. The fraction of sp³-hybridized carbons (Fsp3) is 0.524. The molecule has 0 unspecified atom stereocenters. The Balaban J connectivity index is 1.82. The fourth-order valence-electron chi connectivity index (χ4n) is 3.48. The van der Waals surface area contributed by atoms with Crippen LogP contribution in [-0.4, -0.2) is 15.7 Å². The van der Waals surface area contributed by atoms with Gasteiger partial charge in [-0.05, 0) is 36.0 Å². The maximum absolute atomic E-state index is 13.2. The first kappa shape index (κ1) is 18.5. The summed E-state index contributed by atoms with van der Waals surface area (Å²) < 4.78 is 1.72. The van der Waals surface area contributed by atoms with Crippen LogP contribution in [0.4, 0.5) is 11.4 Å². The van der Waals surface area contributed by atoms with Crippen molar-refractivity contribution in [3.8, 4) is 0 Å². The third-order valence-electron chi connectivity index (χ3n) is 5.12. The summed E-state index contributed by atoms with van der Waals surface area (Å²) in [6.07, 6.45) is 9.06. The van der Waals surface area contributed by atoms with E-state index < -0.39 is 0 Å². The van der Waals surface area contributed by atoms with E-state index >= 15 is 0 Å². The van der Waals surface area contributed by atoms with Crippen molar-refractivity contribution in [2.45, 2.75) is 58.3 Å². The van der Waals surface area contributed by atoms with Crippen LogP contribution in [0.5, 0.6) is 0 Å². The molecule has 1 N–H and O–H groups in total. The molecule has 5 heteroatoms. The average molecular weight is 354 g/mol. The second-order valence-corrected chi connectivity index (χ2v) is 8.32. The number of aromatic nitrogens is 2.